The fourth-order valence-corrected chi connectivity index (χ4v) is 0. The summed E-state index contributed by atoms with van der Waals surface area (Å²) in [6.45, 7) is 0. The minimum Gasteiger partial charge on any atom is -0.412 e. The molecular formula is H16Cl2N2O4. The highest BCUT2D eigenvalue weighted by Crippen LogP contribution is 0.691. The summed E-state index contributed by atoms with van der Waals surface area (Å²) in [5.74, 6) is 0. The maximum absolute atomic E-state index is 0. The van der Waals surface area contributed by atoms with E-state index in [0.29, 0.717) is 0 Å². The zero-order valence-corrected chi connectivity index (χ0v) is 5.86. The van der Waals surface area contributed by atoms with Gasteiger partial charge in [0.15, 0.2) is 0 Å². The molecule has 0 saturated carbocycles. The molecule has 0 aromatic carbocycles. The van der Waals surface area contributed by atoms with Crippen LogP contribution in [0.3, 0.4) is 0 Å². The maximum atomic E-state index is 0. The second-order valence-corrected chi connectivity index (χ2v) is 0. The van der Waals surface area contributed by atoms with E-state index in [4.69, 9.17) is 0 Å². The van der Waals surface area contributed by atoms with Crippen molar-refractivity contribution in [2.24, 2.45) is 0 Å². The Morgan fingerprint density at radius 3 is 0.375 bits per heavy atom. The van der Waals surface area contributed by atoms with Crippen LogP contribution in [0.15, 0.2) is 0 Å². The molecule has 0 heterocycles. The highest BCUT2D eigenvalue weighted by Gasteiger charge is -0.146. The molecule has 0 amide bonds. The van der Waals surface area contributed by atoms with Crippen LogP contribution in [-0.2, 0) is 0 Å². The van der Waals surface area contributed by atoms with Gasteiger partial charge in [0.2, 0.25) is 0 Å². The lowest BCUT2D eigenvalue weighted by Gasteiger charge is -0.413. The van der Waals surface area contributed by atoms with Crippen molar-refractivity contribution in [3.63, 3.8) is 0 Å². The molecule has 0 spiro atoms. The zero-order chi connectivity index (χ0) is 0. The molecule has 0 aromatic rings. The first-order chi connectivity index (χ1) is 0. The van der Waals surface area contributed by atoms with Gasteiger partial charge in [0.05, 0.1) is 0 Å². The Labute approximate surface area is 59.9 Å². The Hall–Kier alpha value is 0.340. The molecule has 0 unspecified atom stereocenters. The van der Waals surface area contributed by atoms with Crippen LogP contribution in [0.25, 0.3) is 0 Å². The van der Waals surface area contributed by atoms with Crippen LogP contribution in [-0.4, -0.2) is 21.9 Å². The second kappa shape index (κ2) is 2550. The van der Waals surface area contributed by atoms with Crippen molar-refractivity contribution >= 4 is 24.8 Å². The van der Waals surface area contributed by atoms with Crippen LogP contribution in [0.2, 0.25) is 0 Å². The largest absolute Gasteiger partial charge is 0.412 e. The van der Waals surface area contributed by atoms with Crippen molar-refractivity contribution in [3.05, 3.63) is 0 Å². The number of rotatable bonds is 0. The molecule has 8 heavy (non-hydrogen) atoms. The molecule has 0 bridgehead atoms. The molecule has 0 aliphatic heterocycles. The van der Waals surface area contributed by atoms with Crippen LogP contribution >= 0.6 is 24.8 Å². The topological polar surface area (TPSA) is 196 Å². The minimum absolute atomic E-state index is 0. The van der Waals surface area contributed by atoms with Gasteiger partial charge in [-0.05, 0) is 0 Å². The van der Waals surface area contributed by atoms with Gasteiger partial charge in [-0.2, -0.15) is 0 Å². The summed E-state index contributed by atoms with van der Waals surface area (Å²) in [6, 6.07) is 0. The molecule has 6 nitrogen and oxygen atoms in total. The number of halogens is 2. The average molecular weight is 179 g/mol. The lowest BCUT2D eigenvalue weighted by molar-refractivity contribution is 0.823. The number of hydrogen-bond donors (Lipinski definition) is 2. The van der Waals surface area contributed by atoms with Crippen LogP contribution in [0.4, 0.5) is 0 Å². The molecule has 0 rings (SSSR count). The van der Waals surface area contributed by atoms with Gasteiger partial charge in [0, 0.05) is 0 Å². The predicted octanol–water partition coefficient (Wildman–Crippen LogP) is -2.13. The fraction of sp³-hybridized carbons (Fsp3) is 0. The average Bonchev–Trinajstić information content (AvgIpc) is 0. The Balaban J connectivity index is 0. The molecule has 0 aliphatic carbocycles. The predicted molar refractivity (Wildman–Crippen MR) is 39.0 cm³/mol. The van der Waals surface area contributed by atoms with Gasteiger partial charge in [-0.25, -0.2) is 0 Å². The van der Waals surface area contributed by atoms with Crippen molar-refractivity contribution in [2.45, 2.75) is 0 Å². The zero-order valence-electron chi connectivity index (χ0n) is 4.23. The van der Waals surface area contributed by atoms with E-state index in [1.807, 2.05) is 0 Å². The van der Waals surface area contributed by atoms with Gasteiger partial charge in [-0.15, -0.1) is 24.8 Å². The molecule has 0 radical (unpaired) electrons. The highest BCUT2D eigenvalue weighted by atomic mass is 35.5. The van der Waals surface area contributed by atoms with Gasteiger partial charge in [0.1, 0.15) is 0 Å². The van der Waals surface area contributed by atoms with Crippen LogP contribution in [0.5, 0.6) is 0 Å². The summed E-state index contributed by atoms with van der Waals surface area (Å²) in [4.78, 5) is 0. The van der Waals surface area contributed by atoms with Gasteiger partial charge in [0.25, 0.3) is 0 Å². The third-order valence-corrected chi connectivity index (χ3v) is 0. The van der Waals surface area contributed by atoms with Gasteiger partial charge >= 0.3 is 0 Å². The van der Waals surface area contributed by atoms with Crippen molar-refractivity contribution in [2.75, 3.05) is 0 Å². The molecule has 0 aliphatic rings. The van der Waals surface area contributed by atoms with Crippen molar-refractivity contribution in [1.82, 2.24) is 12.3 Å². The van der Waals surface area contributed by atoms with Crippen LogP contribution in [0, 0.1) is 0 Å². The first kappa shape index (κ1) is 3890. The summed E-state index contributed by atoms with van der Waals surface area (Å²) in [5, 5.41) is 0. The van der Waals surface area contributed by atoms with Crippen LogP contribution in [0.1, 0.15) is 0 Å². The summed E-state index contributed by atoms with van der Waals surface area (Å²) in [5.41, 5.74) is 0. The molecular weight excluding hydrogens is 163 g/mol. The molecule has 8 heteroatoms. The molecule has 0 aromatic heterocycles. The van der Waals surface area contributed by atoms with Gasteiger partial charge in [-0.1, -0.05) is 0 Å². The quantitative estimate of drug-likeness (QED) is 0.428. The smallest absolute Gasteiger partial charge is 0.147 e. The van der Waals surface area contributed by atoms with Crippen molar-refractivity contribution in [3.8, 4) is 0 Å². The van der Waals surface area contributed by atoms with E-state index in [1.54, 1.807) is 0 Å². The van der Waals surface area contributed by atoms with Gasteiger partial charge < -0.3 is 34.2 Å². The molecule has 0 saturated heterocycles. The summed E-state index contributed by atoms with van der Waals surface area (Å²) >= 11 is 0. The summed E-state index contributed by atoms with van der Waals surface area (Å²) in [7, 11) is 0. The van der Waals surface area contributed by atoms with E-state index in [2.05, 4.69) is 0 Å². The lowest BCUT2D eigenvalue weighted by Crippen LogP contribution is -0.482. The standard InChI is InChI=1S/2ClH.2H3N.4H2O/h2*1H;2*1H3;4*1H2. The third-order valence-electron chi connectivity index (χ3n) is 0. The molecule has 64 valence electrons. The third kappa shape index (κ3) is 1560. The first-order valence-electron chi connectivity index (χ1n) is 0. The van der Waals surface area contributed by atoms with Crippen molar-refractivity contribution in [1.29, 1.82) is 0 Å². The van der Waals surface area contributed by atoms with E-state index in [0.717, 1.165) is 0 Å². The van der Waals surface area contributed by atoms with E-state index in [1.165, 1.54) is 0 Å². The van der Waals surface area contributed by atoms with E-state index >= 15 is 0 Å². The van der Waals surface area contributed by atoms with E-state index in [-0.39, 0.29) is 59.0 Å². The normalized spacial score (nSPS) is 0. The Morgan fingerprint density at radius 2 is 0.375 bits per heavy atom. The lowest BCUT2D eigenvalue weighted by atomic mass is 14.0. The monoisotopic (exact) mass is 178 g/mol. The SMILES string of the molecule is Cl.Cl.N.N.O.O.O.O. The maximum Gasteiger partial charge on any atom is -0.147 e. The number of hydrogen-bond acceptors (Lipinski definition) is 2. The van der Waals surface area contributed by atoms with E-state index in [9.17, 15) is 0 Å². The fourth-order valence-electron chi connectivity index (χ4n) is 0. The molecule has 14 N–H and O–H groups in total. The Morgan fingerprint density at radius 1 is 0.375 bits per heavy atom. The Kier molecular flexibility index (Phi) is 1240000. The summed E-state index contributed by atoms with van der Waals surface area (Å²) < 4.78 is 0. The van der Waals surface area contributed by atoms with E-state index < -0.39 is 0 Å². The Bertz CT molecular complexity index is 12.0. The van der Waals surface area contributed by atoms with Gasteiger partial charge in [-0.3, -0.25) is 0 Å². The van der Waals surface area contributed by atoms with Crippen molar-refractivity contribution < 1.29 is 21.9 Å². The highest BCUT2D eigenvalue weighted by molar-refractivity contribution is 5.85. The first-order valence-corrected chi connectivity index (χ1v) is 0. The molecule has 0 fully saturated rings. The minimum atomic E-state index is 0. The summed E-state index contributed by atoms with van der Waals surface area (Å²) in [6.07, 6.45) is 0. The second-order valence-electron chi connectivity index (χ2n) is 0. The molecule has 0 atom stereocenters. The van der Waals surface area contributed by atoms with Crippen LogP contribution < -0.4 is 12.3 Å².